The standard InChI is InChI=1S/C11H18N2O2/c1-7-6-10(2,3)4-5-11(7)8(14)13-9(12)15-11/h7H,4-6H2,1-3H3,(H2,12,13,14). The van der Waals surface area contributed by atoms with Gasteiger partial charge in [-0.3, -0.25) is 4.79 Å². The van der Waals surface area contributed by atoms with Crippen molar-refractivity contribution in [3.8, 4) is 0 Å². The molecule has 1 aliphatic heterocycles. The number of aliphatic imine (C=N–C) groups is 1. The highest BCUT2D eigenvalue weighted by molar-refractivity contribution is 6.01. The van der Waals surface area contributed by atoms with Gasteiger partial charge < -0.3 is 10.5 Å². The van der Waals surface area contributed by atoms with Gasteiger partial charge in [0.1, 0.15) is 0 Å². The molecule has 0 radical (unpaired) electrons. The molecule has 4 heteroatoms. The molecule has 2 N–H and O–H groups in total. The SMILES string of the molecule is CC1CC(C)(C)CCC12OC(N)=NC2=O. The lowest BCUT2D eigenvalue weighted by Gasteiger charge is -2.43. The molecule has 0 aromatic heterocycles. The monoisotopic (exact) mass is 210 g/mol. The number of hydrogen-bond acceptors (Lipinski definition) is 3. The van der Waals surface area contributed by atoms with Crippen molar-refractivity contribution in [3.05, 3.63) is 0 Å². The van der Waals surface area contributed by atoms with Gasteiger partial charge in [-0.2, -0.15) is 4.99 Å². The Kier molecular flexibility index (Phi) is 2.07. The van der Waals surface area contributed by atoms with Crippen molar-refractivity contribution in [1.82, 2.24) is 0 Å². The van der Waals surface area contributed by atoms with Crippen LogP contribution in [0.1, 0.15) is 40.0 Å². The second-order valence-corrected chi connectivity index (χ2v) is 5.52. The molecule has 2 aliphatic rings. The van der Waals surface area contributed by atoms with E-state index in [-0.39, 0.29) is 23.3 Å². The number of carbonyl (C=O) groups is 1. The summed E-state index contributed by atoms with van der Waals surface area (Å²) in [6.07, 6.45) is 2.68. The van der Waals surface area contributed by atoms with Crippen molar-refractivity contribution in [2.45, 2.75) is 45.6 Å². The number of rotatable bonds is 0. The maximum atomic E-state index is 11.8. The zero-order valence-electron chi connectivity index (χ0n) is 9.54. The van der Waals surface area contributed by atoms with E-state index >= 15 is 0 Å². The Morgan fingerprint density at radius 3 is 2.60 bits per heavy atom. The molecule has 0 aromatic rings. The number of nitrogens with zero attached hydrogens (tertiary/aromatic N) is 1. The van der Waals surface area contributed by atoms with Gasteiger partial charge in [-0.05, 0) is 24.7 Å². The molecule has 1 heterocycles. The first-order valence-electron chi connectivity index (χ1n) is 5.43. The van der Waals surface area contributed by atoms with Crippen LogP contribution in [-0.2, 0) is 9.53 Å². The van der Waals surface area contributed by atoms with E-state index in [1.807, 2.05) is 6.92 Å². The van der Waals surface area contributed by atoms with Crippen LogP contribution in [0.3, 0.4) is 0 Å². The first-order valence-corrected chi connectivity index (χ1v) is 5.43. The lowest BCUT2D eigenvalue weighted by atomic mass is 9.65. The molecule has 2 rings (SSSR count). The summed E-state index contributed by atoms with van der Waals surface area (Å²) in [5.41, 5.74) is 5.00. The third-order valence-electron chi connectivity index (χ3n) is 3.69. The van der Waals surface area contributed by atoms with Gasteiger partial charge in [-0.1, -0.05) is 20.8 Å². The summed E-state index contributed by atoms with van der Waals surface area (Å²) in [5.74, 6) is -0.0125. The minimum atomic E-state index is -0.750. The first-order chi connectivity index (χ1) is 6.86. The smallest absolute Gasteiger partial charge is 0.294 e. The van der Waals surface area contributed by atoms with E-state index in [2.05, 4.69) is 18.8 Å². The third kappa shape index (κ3) is 1.52. The second-order valence-electron chi connectivity index (χ2n) is 5.52. The first kappa shape index (κ1) is 10.5. The molecule has 84 valence electrons. The van der Waals surface area contributed by atoms with Crippen molar-refractivity contribution in [3.63, 3.8) is 0 Å². The molecule has 0 saturated heterocycles. The number of nitrogens with two attached hydrogens (primary N) is 1. The number of amides is 1. The number of amidine groups is 1. The normalized spacial score (nSPS) is 39.0. The summed E-state index contributed by atoms with van der Waals surface area (Å²) >= 11 is 0. The predicted molar refractivity (Wildman–Crippen MR) is 57.2 cm³/mol. The van der Waals surface area contributed by atoms with Gasteiger partial charge >= 0.3 is 0 Å². The minimum Gasteiger partial charge on any atom is -0.448 e. The zero-order chi connectivity index (χ0) is 11.3. The summed E-state index contributed by atoms with van der Waals surface area (Å²) in [5, 5.41) is 0. The average molecular weight is 210 g/mol. The van der Waals surface area contributed by atoms with E-state index in [0.29, 0.717) is 0 Å². The van der Waals surface area contributed by atoms with Crippen molar-refractivity contribution in [2.75, 3.05) is 0 Å². The summed E-state index contributed by atoms with van der Waals surface area (Å²) < 4.78 is 5.49. The molecule has 1 aliphatic carbocycles. The van der Waals surface area contributed by atoms with Gasteiger partial charge in [0, 0.05) is 5.92 Å². The van der Waals surface area contributed by atoms with E-state index in [1.165, 1.54) is 0 Å². The Hall–Kier alpha value is -1.06. The van der Waals surface area contributed by atoms with Gasteiger partial charge in [-0.15, -0.1) is 0 Å². The highest BCUT2D eigenvalue weighted by Crippen LogP contribution is 2.47. The summed E-state index contributed by atoms with van der Waals surface area (Å²) in [6, 6.07) is 0.0338. The van der Waals surface area contributed by atoms with Gasteiger partial charge in [0.05, 0.1) is 0 Å². The fraction of sp³-hybridized carbons (Fsp3) is 0.818. The van der Waals surface area contributed by atoms with Crippen molar-refractivity contribution in [2.24, 2.45) is 22.1 Å². The molecule has 1 saturated carbocycles. The molecule has 1 spiro atoms. The summed E-state index contributed by atoms with van der Waals surface area (Å²) in [4.78, 5) is 15.5. The van der Waals surface area contributed by atoms with E-state index in [4.69, 9.17) is 10.5 Å². The fourth-order valence-corrected chi connectivity index (χ4v) is 2.78. The van der Waals surface area contributed by atoms with E-state index in [0.717, 1.165) is 19.3 Å². The summed E-state index contributed by atoms with van der Waals surface area (Å²) in [6.45, 7) is 6.49. The minimum absolute atomic E-state index is 0.0338. The molecule has 1 amide bonds. The topological polar surface area (TPSA) is 64.7 Å². The number of ether oxygens (including phenoxy) is 1. The number of carbonyl (C=O) groups excluding carboxylic acids is 1. The highest BCUT2D eigenvalue weighted by Gasteiger charge is 2.54. The molecular formula is C11H18N2O2. The average Bonchev–Trinajstić information content (AvgIpc) is 2.36. The summed E-state index contributed by atoms with van der Waals surface area (Å²) in [7, 11) is 0. The van der Waals surface area contributed by atoms with Crippen LogP contribution in [0, 0.1) is 11.3 Å². The van der Waals surface area contributed by atoms with Gasteiger partial charge in [0.2, 0.25) is 0 Å². The number of hydrogen-bond donors (Lipinski definition) is 1. The van der Waals surface area contributed by atoms with Crippen LogP contribution in [0.15, 0.2) is 4.99 Å². The van der Waals surface area contributed by atoms with Crippen molar-refractivity contribution >= 4 is 11.9 Å². The van der Waals surface area contributed by atoms with Crippen LogP contribution in [-0.4, -0.2) is 17.5 Å². The predicted octanol–water partition coefficient (Wildman–Crippen LogP) is 1.44. The van der Waals surface area contributed by atoms with Crippen LogP contribution in [0.25, 0.3) is 0 Å². The molecular weight excluding hydrogens is 192 g/mol. The Morgan fingerprint density at radius 1 is 1.47 bits per heavy atom. The van der Waals surface area contributed by atoms with E-state index < -0.39 is 5.60 Å². The van der Waals surface area contributed by atoms with Crippen molar-refractivity contribution in [1.29, 1.82) is 0 Å². The Labute approximate surface area is 89.9 Å². The van der Waals surface area contributed by atoms with Gasteiger partial charge in [-0.25, -0.2) is 0 Å². The molecule has 0 aromatic carbocycles. The second kappa shape index (κ2) is 2.97. The maximum Gasteiger partial charge on any atom is 0.294 e. The molecule has 4 nitrogen and oxygen atoms in total. The molecule has 0 bridgehead atoms. The Bertz CT molecular complexity index is 335. The van der Waals surface area contributed by atoms with Gasteiger partial charge in [0.15, 0.2) is 5.60 Å². The quantitative estimate of drug-likeness (QED) is 0.658. The fourth-order valence-electron chi connectivity index (χ4n) is 2.78. The van der Waals surface area contributed by atoms with E-state index in [1.54, 1.807) is 0 Å². The Balaban J connectivity index is 2.23. The van der Waals surface area contributed by atoms with Gasteiger partial charge in [0.25, 0.3) is 11.9 Å². The molecule has 15 heavy (non-hydrogen) atoms. The maximum absolute atomic E-state index is 11.8. The van der Waals surface area contributed by atoms with Crippen LogP contribution in [0.5, 0.6) is 0 Å². The highest BCUT2D eigenvalue weighted by atomic mass is 16.5. The molecule has 1 fully saturated rings. The Morgan fingerprint density at radius 2 is 2.13 bits per heavy atom. The zero-order valence-corrected chi connectivity index (χ0v) is 9.54. The van der Waals surface area contributed by atoms with Crippen LogP contribution in [0.4, 0.5) is 0 Å². The molecule has 2 atom stereocenters. The third-order valence-corrected chi connectivity index (χ3v) is 3.69. The van der Waals surface area contributed by atoms with Crippen LogP contribution >= 0.6 is 0 Å². The van der Waals surface area contributed by atoms with Crippen LogP contribution in [0.2, 0.25) is 0 Å². The molecule has 2 unspecified atom stereocenters. The van der Waals surface area contributed by atoms with Crippen LogP contribution < -0.4 is 5.73 Å². The largest absolute Gasteiger partial charge is 0.448 e. The van der Waals surface area contributed by atoms with Crippen molar-refractivity contribution < 1.29 is 9.53 Å². The lowest BCUT2D eigenvalue weighted by Crippen LogP contribution is -2.49. The van der Waals surface area contributed by atoms with E-state index in [9.17, 15) is 4.79 Å². The lowest BCUT2D eigenvalue weighted by molar-refractivity contribution is -0.141.